The summed E-state index contributed by atoms with van der Waals surface area (Å²) in [7, 11) is 0. The third-order valence-electron chi connectivity index (χ3n) is 1.04. The molecule has 0 unspecified atom stereocenters. The molecule has 1 aromatic heterocycles. The van der Waals surface area contributed by atoms with Gasteiger partial charge in [-0.15, -0.1) is 5.10 Å². The van der Waals surface area contributed by atoms with E-state index in [1.54, 1.807) is 6.92 Å². The number of nitrogen functional groups attached to an aromatic ring is 1. The number of anilines is 1. The van der Waals surface area contributed by atoms with Gasteiger partial charge >= 0.3 is 0 Å². The van der Waals surface area contributed by atoms with Crippen LogP contribution in [-0.2, 0) is 4.84 Å². The highest BCUT2D eigenvalue weighted by molar-refractivity contribution is 7.10. The fraction of sp³-hybridized carbons (Fsp3) is 0.400. The fourth-order valence-corrected chi connectivity index (χ4v) is 0.972. The van der Waals surface area contributed by atoms with Gasteiger partial charge < -0.3 is 5.73 Å². The van der Waals surface area contributed by atoms with E-state index >= 15 is 0 Å². The standard InChI is InChI=1S/C5H8N4O2S/c1-2-11-8-5(10)3-4(6)12-9-7-3/h2,6H2,1H3,(H,8,10). The molecule has 0 bridgehead atoms. The molecule has 1 rings (SSSR count). The van der Waals surface area contributed by atoms with Crippen molar-refractivity contribution >= 4 is 22.4 Å². The molecule has 3 N–H and O–H groups in total. The molecule has 0 aliphatic carbocycles. The van der Waals surface area contributed by atoms with Crippen molar-refractivity contribution in [3.63, 3.8) is 0 Å². The number of nitrogens with two attached hydrogens (primary N) is 1. The monoisotopic (exact) mass is 188 g/mol. The first-order valence-electron chi connectivity index (χ1n) is 3.25. The number of hydroxylamine groups is 1. The fourth-order valence-electron chi connectivity index (χ4n) is 0.541. The van der Waals surface area contributed by atoms with E-state index in [2.05, 4.69) is 19.9 Å². The summed E-state index contributed by atoms with van der Waals surface area (Å²) in [5, 5.41) is 3.80. The van der Waals surface area contributed by atoms with Gasteiger partial charge in [0.05, 0.1) is 6.61 Å². The average Bonchev–Trinajstić information content (AvgIpc) is 2.47. The SMILES string of the molecule is CCONC(=O)c1nnsc1N. The van der Waals surface area contributed by atoms with Crippen LogP contribution in [0.2, 0.25) is 0 Å². The summed E-state index contributed by atoms with van der Waals surface area (Å²) in [5.41, 5.74) is 7.66. The first kappa shape index (κ1) is 8.88. The van der Waals surface area contributed by atoms with Gasteiger partial charge in [-0.25, -0.2) is 5.48 Å². The molecule has 0 aliphatic heterocycles. The van der Waals surface area contributed by atoms with Gasteiger partial charge in [-0.1, -0.05) is 4.49 Å². The van der Waals surface area contributed by atoms with Crippen molar-refractivity contribution in [3.8, 4) is 0 Å². The Morgan fingerprint density at radius 2 is 2.58 bits per heavy atom. The van der Waals surface area contributed by atoms with Crippen LogP contribution in [0.4, 0.5) is 5.00 Å². The Morgan fingerprint density at radius 1 is 1.83 bits per heavy atom. The van der Waals surface area contributed by atoms with E-state index in [0.717, 1.165) is 11.5 Å². The first-order valence-corrected chi connectivity index (χ1v) is 4.03. The van der Waals surface area contributed by atoms with E-state index in [9.17, 15) is 4.79 Å². The summed E-state index contributed by atoms with van der Waals surface area (Å²) in [6, 6.07) is 0. The van der Waals surface area contributed by atoms with Crippen LogP contribution in [0.5, 0.6) is 0 Å². The summed E-state index contributed by atoms with van der Waals surface area (Å²) >= 11 is 0.966. The zero-order valence-electron chi connectivity index (χ0n) is 6.40. The molecular weight excluding hydrogens is 180 g/mol. The predicted molar refractivity (Wildman–Crippen MR) is 43.4 cm³/mol. The molecule has 0 saturated carbocycles. The molecule has 0 saturated heterocycles. The molecular formula is C5H8N4O2S. The van der Waals surface area contributed by atoms with Gasteiger partial charge in [0.1, 0.15) is 5.00 Å². The number of rotatable bonds is 3. The van der Waals surface area contributed by atoms with Crippen LogP contribution in [0.1, 0.15) is 17.4 Å². The van der Waals surface area contributed by atoms with Crippen molar-refractivity contribution in [3.05, 3.63) is 5.69 Å². The lowest BCUT2D eigenvalue weighted by Gasteiger charge is -1.99. The van der Waals surface area contributed by atoms with Crippen molar-refractivity contribution in [2.45, 2.75) is 6.92 Å². The number of amides is 1. The van der Waals surface area contributed by atoms with Gasteiger partial charge in [0, 0.05) is 11.5 Å². The molecule has 0 radical (unpaired) electrons. The van der Waals surface area contributed by atoms with Crippen molar-refractivity contribution in [1.29, 1.82) is 0 Å². The maximum absolute atomic E-state index is 11.1. The second-order valence-electron chi connectivity index (χ2n) is 1.85. The lowest BCUT2D eigenvalue weighted by molar-refractivity contribution is 0.0361. The Labute approximate surface area is 72.8 Å². The van der Waals surface area contributed by atoms with Gasteiger partial charge in [-0.2, -0.15) is 0 Å². The predicted octanol–water partition coefficient (Wildman–Crippen LogP) is -0.198. The number of carbonyl (C=O) groups is 1. The van der Waals surface area contributed by atoms with E-state index in [0.29, 0.717) is 6.61 Å². The second kappa shape index (κ2) is 3.98. The molecule has 6 nitrogen and oxygen atoms in total. The minimum Gasteiger partial charge on any atom is -0.387 e. The summed E-state index contributed by atoms with van der Waals surface area (Å²) in [5.74, 6) is -0.469. The number of nitrogens with zero attached hydrogens (tertiary/aromatic N) is 2. The van der Waals surface area contributed by atoms with Crippen LogP contribution in [0.15, 0.2) is 0 Å². The number of hydrogen-bond acceptors (Lipinski definition) is 6. The largest absolute Gasteiger partial charge is 0.387 e. The number of aromatic nitrogens is 2. The number of hydrogen-bond donors (Lipinski definition) is 2. The van der Waals surface area contributed by atoms with E-state index in [1.165, 1.54) is 0 Å². The molecule has 0 fully saturated rings. The Bertz CT molecular complexity index is 274. The van der Waals surface area contributed by atoms with Crippen molar-refractivity contribution in [2.75, 3.05) is 12.3 Å². The summed E-state index contributed by atoms with van der Waals surface area (Å²) < 4.78 is 3.50. The molecule has 1 aromatic rings. The first-order chi connectivity index (χ1) is 5.75. The van der Waals surface area contributed by atoms with Gasteiger partial charge in [0.2, 0.25) is 0 Å². The van der Waals surface area contributed by atoms with Gasteiger partial charge in [-0.3, -0.25) is 9.63 Å². The zero-order valence-corrected chi connectivity index (χ0v) is 7.22. The van der Waals surface area contributed by atoms with Crippen LogP contribution in [0.3, 0.4) is 0 Å². The second-order valence-corrected chi connectivity index (χ2v) is 2.64. The van der Waals surface area contributed by atoms with E-state index in [4.69, 9.17) is 5.73 Å². The molecule has 1 amide bonds. The molecule has 12 heavy (non-hydrogen) atoms. The smallest absolute Gasteiger partial charge is 0.298 e. The third-order valence-corrected chi connectivity index (χ3v) is 1.59. The normalized spacial score (nSPS) is 9.75. The van der Waals surface area contributed by atoms with Crippen LogP contribution < -0.4 is 11.2 Å². The van der Waals surface area contributed by atoms with Gasteiger partial charge in [0.15, 0.2) is 5.69 Å². The van der Waals surface area contributed by atoms with Crippen LogP contribution in [0.25, 0.3) is 0 Å². The van der Waals surface area contributed by atoms with Gasteiger partial charge in [-0.05, 0) is 6.92 Å². The molecule has 0 aromatic carbocycles. The van der Waals surface area contributed by atoms with Crippen molar-refractivity contribution in [1.82, 2.24) is 15.1 Å². The molecule has 1 heterocycles. The van der Waals surface area contributed by atoms with E-state index in [1.807, 2.05) is 0 Å². The third kappa shape index (κ3) is 1.89. The van der Waals surface area contributed by atoms with Crippen LogP contribution >= 0.6 is 11.5 Å². The summed E-state index contributed by atoms with van der Waals surface area (Å²) in [4.78, 5) is 15.7. The lowest BCUT2D eigenvalue weighted by Crippen LogP contribution is -2.24. The van der Waals surface area contributed by atoms with E-state index < -0.39 is 5.91 Å². The summed E-state index contributed by atoms with van der Waals surface area (Å²) in [6.07, 6.45) is 0. The number of carbonyl (C=O) groups excluding carboxylic acids is 1. The highest BCUT2D eigenvalue weighted by Gasteiger charge is 2.13. The Morgan fingerprint density at radius 3 is 3.08 bits per heavy atom. The molecule has 0 aliphatic rings. The minimum absolute atomic E-state index is 0.105. The Balaban J connectivity index is 2.59. The van der Waals surface area contributed by atoms with E-state index in [-0.39, 0.29) is 10.7 Å². The van der Waals surface area contributed by atoms with Gasteiger partial charge in [0.25, 0.3) is 5.91 Å². The van der Waals surface area contributed by atoms with Crippen molar-refractivity contribution < 1.29 is 9.63 Å². The molecule has 66 valence electrons. The summed E-state index contributed by atoms with van der Waals surface area (Å²) in [6.45, 7) is 2.14. The highest BCUT2D eigenvalue weighted by Crippen LogP contribution is 2.11. The maximum atomic E-state index is 11.1. The minimum atomic E-state index is -0.469. The lowest BCUT2D eigenvalue weighted by atomic mass is 10.4. The molecule has 0 atom stereocenters. The average molecular weight is 188 g/mol. The Kier molecular flexibility index (Phi) is 2.94. The van der Waals surface area contributed by atoms with Crippen molar-refractivity contribution in [2.24, 2.45) is 0 Å². The number of nitrogens with one attached hydrogen (secondary N) is 1. The van der Waals surface area contributed by atoms with Crippen LogP contribution in [-0.4, -0.2) is 22.1 Å². The van der Waals surface area contributed by atoms with Crippen LogP contribution in [0, 0.1) is 0 Å². The zero-order chi connectivity index (χ0) is 8.97. The Hall–Kier alpha value is -1.21. The maximum Gasteiger partial charge on any atom is 0.298 e. The molecule has 7 heteroatoms. The topological polar surface area (TPSA) is 90.1 Å². The molecule has 0 spiro atoms. The quantitative estimate of drug-likeness (QED) is 0.641. The highest BCUT2D eigenvalue weighted by atomic mass is 32.1.